The zero-order valence-corrected chi connectivity index (χ0v) is 17.1. The summed E-state index contributed by atoms with van der Waals surface area (Å²) >= 11 is 0. The van der Waals surface area contributed by atoms with Crippen molar-refractivity contribution in [1.29, 1.82) is 0 Å². The van der Waals surface area contributed by atoms with Gasteiger partial charge >= 0.3 is 0 Å². The molecule has 1 aliphatic rings. The number of nitrogens with zero attached hydrogens (tertiary/aromatic N) is 2. The Kier molecular flexibility index (Phi) is 5.80. The van der Waals surface area contributed by atoms with E-state index in [4.69, 9.17) is 4.52 Å². The molecule has 0 saturated carbocycles. The molecule has 1 aromatic heterocycles. The van der Waals surface area contributed by atoms with E-state index in [0.717, 1.165) is 24.6 Å². The molecule has 2 aromatic carbocycles. The minimum Gasteiger partial charge on any atom is -0.356 e. The number of para-hydroxylation sites is 1. The highest BCUT2D eigenvalue weighted by Gasteiger charge is 2.18. The Morgan fingerprint density at radius 2 is 1.93 bits per heavy atom. The van der Waals surface area contributed by atoms with E-state index >= 15 is 0 Å². The van der Waals surface area contributed by atoms with Crippen LogP contribution in [0.4, 0.5) is 5.69 Å². The van der Waals surface area contributed by atoms with Crippen LogP contribution >= 0.6 is 0 Å². The summed E-state index contributed by atoms with van der Waals surface area (Å²) in [7, 11) is -3.77. The molecule has 1 amide bonds. The Hall–Kier alpha value is -3.20. The number of carbonyl (C=O) groups excluding carboxylic acids is 1. The number of hydrogen-bond acceptors (Lipinski definition) is 6. The number of fused-ring (bicyclic) bond motifs is 1. The van der Waals surface area contributed by atoms with E-state index in [0.29, 0.717) is 35.8 Å². The summed E-state index contributed by atoms with van der Waals surface area (Å²) in [6.07, 6.45) is 3.54. The lowest BCUT2D eigenvalue weighted by Crippen LogP contribution is -2.30. The van der Waals surface area contributed by atoms with Gasteiger partial charge in [-0.05, 0) is 43.2 Å². The lowest BCUT2D eigenvalue weighted by Gasteiger charge is -2.11. The van der Waals surface area contributed by atoms with Gasteiger partial charge in [0, 0.05) is 24.0 Å². The molecule has 8 nitrogen and oxygen atoms in total. The first kappa shape index (κ1) is 20.1. The zero-order chi connectivity index (χ0) is 21.0. The molecular weight excluding hydrogens is 404 g/mol. The van der Waals surface area contributed by atoms with Crippen LogP contribution in [0, 0.1) is 0 Å². The molecule has 4 rings (SSSR count). The molecule has 9 heteroatoms. The molecule has 30 heavy (non-hydrogen) atoms. The molecule has 3 aromatic rings. The van der Waals surface area contributed by atoms with Crippen molar-refractivity contribution in [2.24, 2.45) is 4.99 Å². The number of carbonyl (C=O) groups is 1. The zero-order valence-electron chi connectivity index (χ0n) is 16.3. The summed E-state index contributed by atoms with van der Waals surface area (Å²) in [6.45, 7) is 0.630. The molecule has 2 heterocycles. The monoisotopic (exact) mass is 426 g/mol. The highest BCUT2D eigenvalue weighted by molar-refractivity contribution is 7.90. The number of amides is 1. The van der Waals surface area contributed by atoms with Gasteiger partial charge in [-0.25, -0.2) is 8.42 Å². The average molecular weight is 426 g/mol. The van der Waals surface area contributed by atoms with Crippen LogP contribution in [0.1, 0.15) is 31.4 Å². The van der Waals surface area contributed by atoms with E-state index in [-0.39, 0.29) is 17.2 Å². The Morgan fingerprint density at radius 1 is 1.07 bits per heavy atom. The van der Waals surface area contributed by atoms with Crippen molar-refractivity contribution < 1.29 is 17.7 Å². The van der Waals surface area contributed by atoms with Gasteiger partial charge < -0.3 is 9.84 Å². The van der Waals surface area contributed by atoms with Gasteiger partial charge in [0.1, 0.15) is 11.5 Å². The molecule has 0 radical (unpaired) electrons. The highest BCUT2D eigenvalue weighted by Crippen LogP contribution is 2.20. The maximum absolute atomic E-state index is 12.7. The minimum atomic E-state index is -3.77. The second-order valence-electron chi connectivity index (χ2n) is 7.12. The van der Waals surface area contributed by atoms with Gasteiger partial charge in [-0.3, -0.25) is 14.5 Å². The molecular formula is C21H22N4O4S. The Labute approximate surface area is 174 Å². The number of hydrogen-bond donors (Lipinski definition) is 2. The number of nitrogens with one attached hydrogen (secondary N) is 2. The quantitative estimate of drug-likeness (QED) is 0.650. The summed E-state index contributed by atoms with van der Waals surface area (Å²) in [4.78, 5) is 16.8. The molecule has 0 unspecified atom stereocenters. The SMILES string of the molecule is O=C(Cc1noc2ccccc12)Nc1cccc(S(=O)(=O)NC2=NCCCCC2)c1. The molecule has 0 bridgehead atoms. The molecule has 1 aliphatic heterocycles. The van der Waals surface area contributed by atoms with Gasteiger partial charge in [0.25, 0.3) is 10.0 Å². The molecule has 0 aliphatic carbocycles. The van der Waals surface area contributed by atoms with E-state index in [2.05, 4.69) is 20.2 Å². The third-order valence-corrected chi connectivity index (χ3v) is 6.21. The van der Waals surface area contributed by atoms with E-state index in [1.807, 2.05) is 18.2 Å². The molecule has 0 spiro atoms. The second kappa shape index (κ2) is 8.66. The van der Waals surface area contributed by atoms with Crippen molar-refractivity contribution in [3.8, 4) is 0 Å². The first-order chi connectivity index (χ1) is 14.5. The molecule has 2 N–H and O–H groups in total. The molecule has 0 fully saturated rings. The standard InChI is InChI=1S/C21H22N4O4S/c26-21(14-18-17-9-3-4-10-19(17)29-24-18)23-15-7-6-8-16(13-15)30(27,28)25-20-11-2-1-5-12-22-20/h3-4,6-10,13H,1-2,5,11-12,14H2,(H,22,25)(H,23,26). The maximum Gasteiger partial charge on any atom is 0.262 e. The van der Waals surface area contributed by atoms with Crippen molar-refractivity contribution in [3.63, 3.8) is 0 Å². The van der Waals surface area contributed by atoms with E-state index in [1.54, 1.807) is 18.2 Å². The fourth-order valence-electron chi connectivity index (χ4n) is 3.34. The molecule has 0 atom stereocenters. The van der Waals surface area contributed by atoms with Gasteiger partial charge in [-0.2, -0.15) is 0 Å². The van der Waals surface area contributed by atoms with E-state index in [1.165, 1.54) is 12.1 Å². The fraction of sp³-hybridized carbons (Fsp3) is 0.286. The van der Waals surface area contributed by atoms with E-state index < -0.39 is 10.0 Å². The van der Waals surface area contributed by atoms with E-state index in [9.17, 15) is 13.2 Å². The maximum atomic E-state index is 12.7. The van der Waals surface area contributed by atoms with Crippen LogP contribution in [-0.2, 0) is 21.2 Å². The van der Waals surface area contributed by atoms with Crippen molar-refractivity contribution in [2.45, 2.75) is 37.0 Å². The number of aliphatic imine (C=N–C) groups is 1. The van der Waals surface area contributed by atoms with Crippen molar-refractivity contribution in [3.05, 3.63) is 54.2 Å². The number of aromatic nitrogens is 1. The predicted octanol–water partition coefficient (Wildman–Crippen LogP) is 3.26. The molecule has 156 valence electrons. The summed E-state index contributed by atoms with van der Waals surface area (Å²) in [5.41, 5.74) is 1.53. The second-order valence-corrected chi connectivity index (χ2v) is 8.81. The highest BCUT2D eigenvalue weighted by atomic mass is 32.2. The third-order valence-electron chi connectivity index (χ3n) is 4.83. The normalized spacial score (nSPS) is 14.7. The Balaban J connectivity index is 1.46. The minimum absolute atomic E-state index is 0.0169. The smallest absolute Gasteiger partial charge is 0.262 e. The number of rotatable bonds is 5. The predicted molar refractivity (Wildman–Crippen MR) is 114 cm³/mol. The lowest BCUT2D eigenvalue weighted by atomic mass is 10.1. The largest absolute Gasteiger partial charge is 0.356 e. The van der Waals surface area contributed by atoms with Crippen LogP contribution in [-0.4, -0.2) is 31.9 Å². The number of anilines is 1. The fourth-order valence-corrected chi connectivity index (χ4v) is 4.47. The van der Waals surface area contributed by atoms with Crippen LogP contribution in [0.25, 0.3) is 11.0 Å². The van der Waals surface area contributed by atoms with Gasteiger partial charge in [0.05, 0.1) is 11.3 Å². The number of sulfonamides is 1. The Morgan fingerprint density at radius 3 is 2.83 bits per heavy atom. The summed E-state index contributed by atoms with van der Waals surface area (Å²) < 4.78 is 33.2. The summed E-state index contributed by atoms with van der Waals surface area (Å²) in [5, 5.41) is 7.45. The van der Waals surface area contributed by atoms with Crippen LogP contribution in [0.2, 0.25) is 0 Å². The Bertz CT molecular complexity index is 1200. The van der Waals surface area contributed by atoms with Gasteiger partial charge in [-0.15, -0.1) is 0 Å². The van der Waals surface area contributed by atoms with Crippen molar-refractivity contribution in [2.75, 3.05) is 11.9 Å². The average Bonchev–Trinajstić information content (AvgIpc) is 2.95. The van der Waals surface area contributed by atoms with Gasteiger partial charge in [0.15, 0.2) is 5.58 Å². The first-order valence-electron chi connectivity index (χ1n) is 9.81. The van der Waals surface area contributed by atoms with Crippen LogP contribution < -0.4 is 10.0 Å². The number of benzene rings is 2. The van der Waals surface area contributed by atoms with Crippen LogP contribution in [0.5, 0.6) is 0 Å². The van der Waals surface area contributed by atoms with Crippen molar-refractivity contribution in [1.82, 2.24) is 9.88 Å². The van der Waals surface area contributed by atoms with Gasteiger partial charge in [0.2, 0.25) is 5.91 Å². The summed E-state index contributed by atoms with van der Waals surface area (Å²) in [5.74, 6) is 0.171. The van der Waals surface area contributed by atoms with Crippen molar-refractivity contribution >= 4 is 38.4 Å². The van der Waals surface area contributed by atoms with Crippen LogP contribution in [0.15, 0.2) is 62.9 Å². The number of amidine groups is 1. The summed E-state index contributed by atoms with van der Waals surface area (Å²) in [6, 6.07) is 13.4. The molecule has 0 saturated heterocycles. The first-order valence-corrected chi connectivity index (χ1v) is 11.3. The topological polar surface area (TPSA) is 114 Å². The van der Waals surface area contributed by atoms with Crippen LogP contribution in [0.3, 0.4) is 0 Å². The third kappa shape index (κ3) is 4.68. The van der Waals surface area contributed by atoms with Gasteiger partial charge in [-0.1, -0.05) is 29.8 Å². The lowest BCUT2D eigenvalue weighted by molar-refractivity contribution is -0.115.